The van der Waals surface area contributed by atoms with E-state index < -0.39 is 0 Å². The van der Waals surface area contributed by atoms with Crippen molar-refractivity contribution >= 4 is 5.78 Å². The van der Waals surface area contributed by atoms with Gasteiger partial charge in [0.15, 0.2) is 0 Å². The molecule has 1 rings (SSSR count). The summed E-state index contributed by atoms with van der Waals surface area (Å²) in [5, 5.41) is 0. The maximum absolute atomic E-state index is 11.6. The van der Waals surface area contributed by atoms with Gasteiger partial charge in [-0.15, -0.1) is 0 Å². The lowest BCUT2D eigenvalue weighted by Crippen LogP contribution is -2.21. The van der Waals surface area contributed by atoms with E-state index in [0.717, 1.165) is 12.8 Å². The van der Waals surface area contributed by atoms with Crippen LogP contribution in [0.4, 0.5) is 0 Å². The molecule has 0 amide bonds. The average molecular weight is 166 g/mol. The molecule has 0 aromatic heterocycles. The van der Waals surface area contributed by atoms with Crippen molar-refractivity contribution in [3.05, 3.63) is 12.2 Å². The number of ketones is 1. The third kappa shape index (κ3) is 2.47. The summed E-state index contributed by atoms with van der Waals surface area (Å²) in [4.78, 5) is 11.6. The van der Waals surface area contributed by atoms with Crippen LogP contribution in [-0.4, -0.2) is 5.78 Å². The molecule has 1 unspecified atom stereocenters. The molecule has 0 N–H and O–H groups in total. The lowest BCUT2D eigenvalue weighted by atomic mass is 9.85. The zero-order valence-electron chi connectivity index (χ0n) is 8.26. The summed E-state index contributed by atoms with van der Waals surface area (Å²) in [6.45, 7) is 5.98. The highest BCUT2D eigenvalue weighted by molar-refractivity contribution is 5.84. The largest absolute Gasteiger partial charge is 0.299 e. The van der Waals surface area contributed by atoms with Crippen molar-refractivity contribution in [1.29, 1.82) is 0 Å². The monoisotopic (exact) mass is 166 g/mol. The van der Waals surface area contributed by atoms with Crippen LogP contribution < -0.4 is 0 Å². The van der Waals surface area contributed by atoms with Gasteiger partial charge in [-0.3, -0.25) is 4.79 Å². The first-order valence-electron chi connectivity index (χ1n) is 4.70. The minimum atomic E-state index is -0.156. The lowest BCUT2D eigenvalue weighted by molar-refractivity contribution is -0.126. The molecule has 0 saturated heterocycles. The number of rotatable bonds is 2. The fraction of sp³-hybridized carbons (Fsp3) is 0.727. The Morgan fingerprint density at radius 3 is 2.58 bits per heavy atom. The summed E-state index contributed by atoms with van der Waals surface area (Å²) < 4.78 is 0. The Balaban J connectivity index is 2.41. The molecule has 0 aliphatic heterocycles. The number of hydrogen-bond donors (Lipinski definition) is 0. The van der Waals surface area contributed by atoms with Crippen molar-refractivity contribution in [3.63, 3.8) is 0 Å². The molecule has 1 aliphatic rings. The molecule has 1 heteroatoms. The molecule has 68 valence electrons. The Bertz CT molecular complexity index is 196. The van der Waals surface area contributed by atoms with Gasteiger partial charge < -0.3 is 0 Å². The van der Waals surface area contributed by atoms with Gasteiger partial charge in [-0.25, -0.2) is 0 Å². The summed E-state index contributed by atoms with van der Waals surface area (Å²) >= 11 is 0. The van der Waals surface area contributed by atoms with E-state index in [1.54, 1.807) is 0 Å². The van der Waals surface area contributed by atoms with Gasteiger partial charge in [0.25, 0.3) is 0 Å². The van der Waals surface area contributed by atoms with Crippen LogP contribution in [0.1, 0.15) is 40.0 Å². The number of carbonyl (C=O) groups excluding carboxylic acids is 1. The minimum Gasteiger partial charge on any atom is -0.299 e. The van der Waals surface area contributed by atoms with Crippen molar-refractivity contribution in [3.8, 4) is 0 Å². The Labute approximate surface area is 74.9 Å². The van der Waals surface area contributed by atoms with Crippen molar-refractivity contribution in [1.82, 2.24) is 0 Å². The molecule has 0 aromatic carbocycles. The van der Waals surface area contributed by atoms with E-state index in [1.165, 1.54) is 6.42 Å². The summed E-state index contributed by atoms with van der Waals surface area (Å²) in [7, 11) is 0. The molecule has 0 radical (unpaired) electrons. The molecule has 0 heterocycles. The summed E-state index contributed by atoms with van der Waals surface area (Å²) in [5.41, 5.74) is -0.156. The maximum atomic E-state index is 11.6. The molecule has 0 bridgehead atoms. The summed E-state index contributed by atoms with van der Waals surface area (Å²) in [6, 6.07) is 0. The first kappa shape index (κ1) is 9.50. The average Bonchev–Trinajstić information content (AvgIpc) is 2.37. The van der Waals surface area contributed by atoms with Crippen LogP contribution in [0.15, 0.2) is 12.2 Å². The Morgan fingerprint density at radius 1 is 1.50 bits per heavy atom. The SMILES string of the molecule is CC(C)(C)C(=O)CC1C=CCC1. The van der Waals surface area contributed by atoms with Crippen molar-refractivity contribution in [2.45, 2.75) is 40.0 Å². The predicted octanol–water partition coefficient (Wildman–Crippen LogP) is 2.96. The van der Waals surface area contributed by atoms with E-state index in [4.69, 9.17) is 0 Å². The van der Waals surface area contributed by atoms with Crippen LogP contribution >= 0.6 is 0 Å². The van der Waals surface area contributed by atoms with E-state index in [-0.39, 0.29) is 5.41 Å². The highest BCUT2D eigenvalue weighted by Gasteiger charge is 2.24. The fourth-order valence-electron chi connectivity index (χ4n) is 1.41. The van der Waals surface area contributed by atoms with Crippen LogP contribution in [0.5, 0.6) is 0 Å². The molecule has 0 fully saturated rings. The van der Waals surface area contributed by atoms with E-state index in [9.17, 15) is 4.79 Å². The predicted molar refractivity (Wildman–Crippen MR) is 50.9 cm³/mol. The van der Waals surface area contributed by atoms with E-state index in [2.05, 4.69) is 12.2 Å². The summed E-state index contributed by atoms with van der Waals surface area (Å²) in [6.07, 6.45) is 7.42. The Hall–Kier alpha value is -0.590. The number of hydrogen-bond acceptors (Lipinski definition) is 1. The molecule has 0 saturated carbocycles. The highest BCUT2D eigenvalue weighted by atomic mass is 16.1. The Morgan fingerprint density at radius 2 is 2.17 bits per heavy atom. The van der Waals surface area contributed by atoms with Gasteiger partial charge >= 0.3 is 0 Å². The van der Waals surface area contributed by atoms with Crippen LogP contribution in [-0.2, 0) is 4.79 Å². The first-order valence-corrected chi connectivity index (χ1v) is 4.70. The number of Topliss-reactive ketones (excluding diaryl/α,β-unsaturated/α-hetero) is 1. The zero-order chi connectivity index (χ0) is 9.19. The standard InChI is InChI=1S/C11H18O/c1-11(2,3)10(12)8-9-6-4-5-7-9/h4,6,9H,5,7-8H2,1-3H3. The smallest absolute Gasteiger partial charge is 0.138 e. The highest BCUT2D eigenvalue weighted by Crippen LogP contribution is 2.26. The Kier molecular flexibility index (Phi) is 2.71. The molecule has 12 heavy (non-hydrogen) atoms. The van der Waals surface area contributed by atoms with Gasteiger partial charge in [0, 0.05) is 11.8 Å². The molecular weight excluding hydrogens is 148 g/mol. The zero-order valence-corrected chi connectivity index (χ0v) is 8.26. The van der Waals surface area contributed by atoms with Gasteiger partial charge in [0.05, 0.1) is 0 Å². The van der Waals surface area contributed by atoms with Gasteiger partial charge in [-0.05, 0) is 18.8 Å². The van der Waals surface area contributed by atoms with Gasteiger partial charge in [0.2, 0.25) is 0 Å². The molecular formula is C11H18O. The van der Waals surface area contributed by atoms with Gasteiger partial charge in [-0.1, -0.05) is 32.9 Å². The normalized spacial score (nSPS) is 23.1. The second-order valence-corrected chi connectivity index (χ2v) is 4.64. The molecule has 1 nitrogen and oxygen atoms in total. The fourth-order valence-corrected chi connectivity index (χ4v) is 1.41. The maximum Gasteiger partial charge on any atom is 0.138 e. The van der Waals surface area contributed by atoms with Crippen molar-refractivity contribution in [2.75, 3.05) is 0 Å². The molecule has 0 spiro atoms. The molecule has 1 atom stereocenters. The van der Waals surface area contributed by atoms with Crippen molar-refractivity contribution < 1.29 is 4.79 Å². The van der Waals surface area contributed by atoms with Crippen molar-refractivity contribution in [2.24, 2.45) is 11.3 Å². The minimum absolute atomic E-state index is 0.156. The van der Waals surface area contributed by atoms with Crippen LogP contribution in [0, 0.1) is 11.3 Å². The second kappa shape index (κ2) is 3.42. The van der Waals surface area contributed by atoms with Gasteiger partial charge in [-0.2, -0.15) is 0 Å². The van der Waals surface area contributed by atoms with Crippen LogP contribution in [0.3, 0.4) is 0 Å². The van der Waals surface area contributed by atoms with Crippen LogP contribution in [0.2, 0.25) is 0 Å². The molecule has 1 aliphatic carbocycles. The number of carbonyl (C=O) groups is 1. The van der Waals surface area contributed by atoms with Gasteiger partial charge in [0.1, 0.15) is 5.78 Å². The second-order valence-electron chi connectivity index (χ2n) is 4.64. The molecule has 0 aromatic rings. The topological polar surface area (TPSA) is 17.1 Å². The first-order chi connectivity index (χ1) is 5.50. The van der Waals surface area contributed by atoms with Crippen LogP contribution in [0.25, 0.3) is 0 Å². The summed E-state index contributed by atoms with van der Waals surface area (Å²) in [5.74, 6) is 0.913. The quantitative estimate of drug-likeness (QED) is 0.576. The third-order valence-corrected chi connectivity index (χ3v) is 2.40. The van der Waals surface area contributed by atoms with E-state index >= 15 is 0 Å². The number of allylic oxidation sites excluding steroid dienone is 2. The third-order valence-electron chi connectivity index (χ3n) is 2.40. The van der Waals surface area contributed by atoms with E-state index in [0.29, 0.717) is 11.7 Å². The lowest BCUT2D eigenvalue weighted by Gasteiger charge is -2.18. The van der Waals surface area contributed by atoms with E-state index in [1.807, 2.05) is 20.8 Å².